The summed E-state index contributed by atoms with van der Waals surface area (Å²) in [6.07, 6.45) is 3.44. The highest BCUT2D eigenvalue weighted by Crippen LogP contribution is 2.51. The summed E-state index contributed by atoms with van der Waals surface area (Å²) in [5.41, 5.74) is 11.4. The van der Waals surface area contributed by atoms with Crippen LogP contribution in [0.4, 0.5) is 5.82 Å². The predicted molar refractivity (Wildman–Crippen MR) is 123 cm³/mol. The molecule has 31 heavy (non-hydrogen) atoms. The molecule has 0 bridgehead atoms. The van der Waals surface area contributed by atoms with Crippen LogP contribution in [0, 0.1) is 13.8 Å². The fourth-order valence-electron chi connectivity index (χ4n) is 4.13. The van der Waals surface area contributed by atoms with E-state index in [4.69, 9.17) is 15.2 Å². The average Bonchev–Trinajstić information content (AvgIpc) is 3.48. The number of amides is 1. The molecule has 1 aliphatic carbocycles. The zero-order valence-electron chi connectivity index (χ0n) is 17.7. The first kappa shape index (κ1) is 19.6. The zero-order valence-corrected chi connectivity index (χ0v) is 17.7. The number of rotatable bonds is 5. The Morgan fingerprint density at radius 2 is 1.84 bits per heavy atom. The predicted octanol–water partition coefficient (Wildman–Crippen LogP) is 4.72. The van der Waals surface area contributed by atoms with Gasteiger partial charge in [-0.25, -0.2) is 4.98 Å². The molecule has 6 nitrogen and oxygen atoms in total. The van der Waals surface area contributed by atoms with E-state index in [1.165, 1.54) is 0 Å². The Labute approximate surface area is 184 Å². The molecule has 0 radical (unpaired) electrons. The van der Waals surface area contributed by atoms with Crippen molar-refractivity contribution in [1.82, 2.24) is 4.98 Å². The van der Waals surface area contributed by atoms with Gasteiger partial charge in [-0.3, -0.25) is 4.79 Å². The van der Waals surface area contributed by atoms with E-state index in [0.29, 0.717) is 18.1 Å². The summed E-state index contributed by atoms with van der Waals surface area (Å²) in [6, 6.07) is 13.9. The average molecular weight is 420 g/mol. The molecule has 2 aromatic carbocycles. The summed E-state index contributed by atoms with van der Waals surface area (Å²) in [7, 11) is 0. The number of anilines is 1. The summed E-state index contributed by atoms with van der Waals surface area (Å²) < 4.78 is 10.9. The van der Waals surface area contributed by atoms with Crippen molar-refractivity contribution >= 4 is 11.7 Å². The molecule has 1 aromatic heterocycles. The highest BCUT2D eigenvalue weighted by atomic mass is 16.7. The van der Waals surface area contributed by atoms with Crippen molar-refractivity contribution in [3.05, 3.63) is 70.9 Å². The molecule has 1 fully saturated rings. The summed E-state index contributed by atoms with van der Waals surface area (Å²) in [5.74, 6) is 2.01. The van der Waals surface area contributed by atoms with E-state index >= 15 is 0 Å². The first-order valence-electron chi connectivity index (χ1n) is 10.5. The van der Waals surface area contributed by atoms with Gasteiger partial charge in [0.25, 0.3) is 0 Å². The molecule has 3 aromatic rings. The topological polar surface area (TPSA) is 86.5 Å². The van der Waals surface area contributed by atoms with Gasteiger partial charge in [-0.1, -0.05) is 30.3 Å². The number of fused-ring (bicyclic) bond motifs is 1. The second-order valence-corrected chi connectivity index (χ2v) is 8.28. The Bertz CT molecular complexity index is 1180. The van der Waals surface area contributed by atoms with Gasteiger partial charge >= 0.3 is 0 Å². The zero-order chi connectivity index (χ0) is 21.6. The van der Waals surface area contributed by atoms with Crippen molar-refractivity contribution < 1.29 is 17.1 Å². The number of nitrogens with one attached hydrogen (secondary N) is 1. The number of ether oxygens (including phenoxy) is 2. The van der Waals surface area contributed by atoms with E-state index in [-0.39, 0.29) is 15.6 Å². The number of nitrogens with zero attached hydrogens (tertiary/aromatic N) is 1. The molecule has 2 heterocycles. The van der Waals surface area contributed by atoms with E-state index in [1.54, 1.807) is 0 Å². The van der Waals surface area contributed by atoms with Gasteiger partial charge in [0, 0.05) is 21.2 Å². The lowest BCUT2D eigenvalue weighted by Crippen LogP contribution is -2.28. The van der Waals surface area contributed by atoms with Crippen LogP contribution in [0.25, 0.3) is 11.1 Å². The molecule has 1 amide bonds. The third-order valence-electron chi connectivity index (χ3n) is 6.49. The molecule has 2 aliphatic rings. The first-order chi connectivity index (χ1) is 15.0. The maximum absolute atomic E-state index is 13.3. The third-order valence-corrected chi connectivity index (χ3v) is 6.49. The molecular weight excluding hydrogens is 390 g/mol. The monoisotopic (exact) mass is 419 g/mol. The molecule has 1 aliphatic heterocycles. The fourth-order valence-corrected chi connectivity index (χ4v) is 4.13. The van der Waals surface area contributed by atoms with Crippen molar-refractivity contribution in [1.29, 1.82) is 0 Å². The molecule has 6 heteroatoms. The maximum Gasteiger partial charge on any atom is 0.236 e. The van der Waals surface area contributed by atoms with E-state index in [1.807, 2.05) is 43.5 Å². The van der Waals surface area contributed by atoms with Crippen LogP contribution in [-0.2, 0) is 16.8 Å². The molecule has 0 saturated heterocycles. The molecule has 0 atom stereocenters. The molecule has 3 N–H and O–H groups in total. The normalized spacial score (nSPS) is 15.6. The first-order valence-corrected chi connectivity index (χ1v) is 10.5. The number of hydrogen-bond acceptors (Lipinski definition) is 5. The minimum Gasteiger partial charge on any atom is -0.454 e. The minimum atomic E-state index is -0.528. The van der Waals surface area contributed by atoms with Gasteiger partial charge in [0.2, 0.25) is 12.7 Å². The molecule has 0 spiro atoms. The van der Waals surface area contributed by atoms with Crippen LogP contribution >= 0.6 is 0 Å². The minimum absolute atomic E-state index is 0. The van der Waals surface area contributed by atoms with Crippen molar-refractivity contribution in [3.63, 3.8) is 0 Å². The molecule has 1 saturated carbocycles. The van der Waals surface area contributed by atoms with Crippen molar-refractivity contribution in [3.8, 4) is 22.6 Å². The Morgan fingerprint density at radius 3 is 2.55 bits per heavy atom. The van der Waals surface area contributed by atoms with Crippen LogP contribution < -0.4 is 20.5 Å². The third kappa shape index (κ3) is 3.33. The molecule has 5 rings (SSSR count). The lowest BCUT2D eigenvalue weighted by molar-refractivity contribution is -0.118. The van der Waals surface area contributed by atoms with Crippen LogP contribution in [0.2, 0.25) is 0 Å². The largest absolute Gasteiger partial charge is 0.454 e. The second-order valence-electron chi connectivity index (χ2n) is 8.28. The lowest BCUT2D eigenvalue weighted by atomic mass is 9.94. The summed E-state index contributed by atoms with van der Waals surface area (Å²) in [4.78, 5) is 17.8. The van der Waals surface area contributed by atoms with Crippen LogP contribution in [-0.4, -0.2) is 17.7 Å². The number of carbonyl (C=O) groups excluding carboxylic acids is 1. The Kier molecular flexibility index (Phi) is 4.67. The van der Waals surface area contributed by atoms with Gasteiger partial charge in [0.15, 0.2) is 11.5 Å². The number of hydrogen-bond donors (Lipinski definition) is 2. The smallest absolute Gasteiger partial charge is 0.236 e. The molecule has 162 valence electrons. The number of carbonyl (C=O) groups is 1. The number of pyridine rings is 1. The van der Waals surface area contributed by atoms with E-state index in [2.05, 4.69) is 29.4 Å². The highest BCUT2D eigenvalue weighted by molar-refractivity contribution is 6.01. The van der Waals surface area contributed by atoms with Crippen molar-refractivity contribution in [2.45, 2.75) is 38.6 Å². The van der Waals surface area contributed by atoms with Gasteiger partial charge in [-0.05, 0) is 66.6 Å². The quantitative estimate of drug-likeness (QED) is 0.625. The fraction of sp³-hybridized carbons (Fsp3) is 0.280. The van der Waals surface area contributed by atoms with E-state index < -0.39 is 5.41 Å². The van der Waals surface area contributed by atoms with E-state index in [0.717, 1.165) is 52.0 Å². The standard InChI is InChI=1S/C25H25N3O3.2H2/c1-15-16(2)23(27-13-20(15)18-5-3-17(12-26)4-6-18)28-24(29)25(9-10-25)19-7-8-21-22(11-19)31-14-30-21;;/h3-8,11,13H,9-10,12,14,26H2,1-2H3,(H,27,28,29);2*1H. The Morgan fingerprint density at radius 1 is 1.10 bits per heavy atom. The second kappa shape index (κ2) is 7.39. The van der Waals surface area contributed by atoms with Crippen molar-refractivity contribution in [2.24, 2.45) is 5.73 Å². The number of aromatic nitrogens is 1. The maximum atomic E-state index is 13.3. The molecular formula is C25H29N3O3. The van der Waals surface area contributed by atoms with Crippen LogP contribution in [0.15, 0.2) is 48.7 Å². The summed E-state index contributed by atoms with van der Waals surface area (Å²) in [5, 5.41) is 3.08. The summed E-state index contributed by atoms with van der Waals surface area (Å²) >= 11 is 0. The number of nitrogens with two attached hydrogens (primary N) is 1. The number of benzene rings is 2. The Balaban J connectivity index is 0.00000153. The van der Waals surface area contributed by atoms with E-state index in [9.17, 15) is 4.79 Å². The Hall–Kier alpha value is -3.38. The van der Waals surface area contributed by atoms with Gasteiger partial charge in [-0.15, -0.1) is 0 Å². The van der Waals surface area contributed by atoms with Crippen molar-refractivity contribution in [2.75, 3.05) is 12.1 Å². The summed E-state index contributed by atoms with van der Waals surface area (Å²) in [6.45, 7) is 4.80. The van der Waals surface area contributed by atoms with Gasteiger partial charge < -0.3 is 20.5 Å². The van der Waals surface area contributed by atoms with Gasteiger partial charge in [0.05, 0.1) is 5.41 Å². The van der Waals surface area contributed by atoms with Crippen LogP contribution in [0.3, 0.4) is 0 Å². The van der Waals surface area contributed by atoms with Crippen LogP contribution in [0.1, 0.15) is 37.9 Å². The highest BCUT2D eigenvalue weighted by Gasteiger charge is 2.52. The van der Waals surface area contributed by atoms with Gasteiger partial charge in [0.1, 0.15) is 5.82 Å². The SMILES string of the molecule is Cc1c(-c2ccc(CN)cc2)cnc(NC(=O)C2(c3ccc4c(c3)OCO4)CC2)c1C.[HH].[HH]. The lowest BCUT2D eigenvalue weighted by Gasteiger charge is -2.18. The molecule has 0 unspecified atom stereocenters. The van der Waals surface area contributed by atoms with Crippen LogP contribution in [0.5, 0.6) is 11.5 Å². The van der Waals surface area contributed by atoms with Gasteiger partial charge in [-0.2, -0.15) is 0 Å².